The molecule has 0 aliphatic rings. The lowest BCUT2D eigenvalue weighted by Crippen LogP contribution is -2.14. The first-order valence-corrected chi connectivity index (χ1v) is 6.05. The number of unbranched alkanes of at least 4 members (excludes halogenated alkanes) is 4. The Balaban J connectivity index is 3.28. The first kappa shape index (κ1) is 13.0. The average Bonchev–Trinajstić information content (AvgIpc) is 2.16. The van der Waals surface area contributed by atoms with E-state index in [1.165, 1.54) is 51.4 Å². The van der Waals surface area contributed by atoms with Crippen molar-refractivity contribution in [2.75, 3.05) is 6.54 Å². The van der Waals surface area contributed by atoms with E-state index in [-0.39, 0.29) is 0 Å². The van der Waals surface area contributed by atoms with Crippen molar-refractivity contribution in [2.24, 2.45) is 11.7 Å². The lowest BCUT2D eigenvalue weighted by molar-refractivity contribution is 0.419. The lowest BCUT2D eigenvalue weighted by Gasteiger charge is -2.13. The molecule has 0 aromatic carbocycles. The molecular weight excluding hydrogens is 158 g/mol. The molecule has 0 saturated carbocycles. The molecule has 1 heteroatoms. The zero-order valence-electron chi connectivity index (χ0n) is 9.52. The molecule has 0 amide bonds. The Morgan fingerprint density at radius 2 is 1.31 bits per heavy atom. The molecule has 1 nitrogen and oxygen atoms in total. The van der Waals surface area contributed by atoms with Crippen LogP contribution in [0, 0.1) is 5.92 Å². The Kier molecular flexibility index (Phi) is 10.0. The number of hydrogen-bond donors (Lipinski definition) is 1. The van der Waals surface area contributed by atoms with Crippen LogP contribution in [-0.2, 0) is 0 Å². The van der Waals surface area contributed by atoms with Gasteiger partial charge >= 0.3 is 0 Å². The van der Waals surface area contributed by atoms with Crippen molar-refractivity contribution in [1.29, 1.82) is 0 Å². The van der Waals surface area contributed by atoms with Crippen LogP contribution in [-0.4, -0.2) is 6.54 Å². The van der Waals surface area contributed by atoms with Crippen LogP contribution in [0.3, 0.4) is 0 Å². The van der Waals surface area contributed by atoms with Gasteiger partial charge in [-0.05, 0) is 25.3 Å². The molecule has 0 fully saturated rings. The third-order valence-corrected chi connectivity index (χ3v) is 2.77. The number of rotatable bonds is 9. The van der Waals surface area contributed by atoms with Crippen molar-refractivity contribution in [3.05, 3.63) is 0 Å². The summed E-state index contributed by atoms with van der Waals surface area (Å²) in [4.78, 5) is 0. The summed E-state index contributed by atoms with van der Waals surface area (Å²) in [6, 6.07) is 0. The monoisotopic (exact) mass is 185 g/mol. The molecule has 0 unspecified atom stereocenters. The number of nitrogens with two attached hydrogens (primary N) is 1. The van der Waals surface area contributed by atoms with E-state index in [0.29, 0.717) is 0 Å². The Morgan fingerprint density at radius 1 is 0.846 bits per heavy atom. The summed E-state index contributed by atoms with van der Waals surface area (Å²) in [7, 11) is 0. The summed E-state index contributed by atoms with van der Waals surface area (Å²) in [6.45, 7) is 5.41. The minimum Gasteiger partial charge on any atom is -0.330 e. The van der Waals surface area contributed by atoms with Gasteiger partial charge in [-0.1, -0.05) is 52.4 Å². The molecule has 0 atom stereocenters. The van der Waals surface area contributed by atoms with E-state index in [0.717, 1.165) is 12.5 Å². The highest BCUT2D eigenvalue weighted by Gasteiger charge is 2.04. The van der Waals surface area contributed by atoms with Crippen LogP contribution in [0.25, 0.3) is 0 Å². The molecule has 0 spiro atoms. The van der Waals surface area contributed by atoms with Gasteiger partial charge in [0.25, 0.3) is 0 Å². The Morgan fingerprint density at radius 3 is 1.62 bits per heavy atom. The van der Waals surface area contributed by atoms with E-state index in [1.807, 2.05) is 0 Å². The van der Waals surface area contributed by atoms with Crippen LogP contribution in [0.15, 0.2) is 0 Å². The second-order valence-electron chi connectivity index (χ2n) is 4.09. The maximum Gasteiger partial charge on any atom is -0.00489 e. The van der Waals surface area contributed by atoms with E-state index in [1.54, 1.807) is 0 Å². The van der Waals surface area contributed by atoms with Crippen molar-refractivity contribution in [2.45, 2.75) is 65.2 Å². The topological polar surface area (TPSA) is 26.0 Å². The third-order valence-electron chi connectivity index (χ3n) is 2.77. The Labute approximate surface area is 84.1 Å². The molecule has 13 heavy (non-hydrogen) atoms. The molecule has 0 heterocycles. The van der Waals surface area contributed by atoms with Crippen LogP contribution in [0.2, 0.25) is 0 Å². The van der Waals surface area contributed by atoms with Crippen LogP contribution >= 0.6 is 0 Å². The Hall–Kier alpha value is -0.0400. The normalized spacial score (nSPS) is 11.1. The van der Waals surface area contributed by atoms with Crippen molar-refractivity contribution in [3.8, 4) is 0 Å². The predicted molar refractivity (Wildman–Crippen MR) is 60.8 cm³/mol. The summed E-state index contributed by atoms with van der Waals surface area (Å²) in [6.07, 6.45) is 10.9. The highest BCUT2D eigenvalue weighted by molar-refractivity contribution is 4.60. The highest BCUT2D eigenvalue weighted by atomic mass is 14.5. The second-order valence-corrected chi connectivity index (χ2v) is 4.09. The van der Waals surface area contributed by atoms with E-state index in [9.17, 15) is 0 Å². The lowest BCUT2D eigenvalue weighted by atomic mass is 9.95. The van der Waals surface area contributed by atoms with Gasteiger partial charge in [0.05, 0.1) is 0 Å². The summed E-state index contributed by atoms with van der Waals surface area (Å²) >= 11 is 0. The molecule has 0 aromatic heterocycles. The van der Waals surface area contributed by atoms with Gasteiger partial charge in [-0.3, -0.25) is 0 Å². The summed E-state index contributed by atoms with van der Waals surface area (Å²) in [5, 5.41) is 0. The van der Waals surface area contributed by atoms with Gasteiger partial charge in [0.1, 0.15) is 0 Å². The van der Waals surface area contributed by atoms with Gasteiger partial charge in [0.2, 0.25) is 0 Å². The molecular formula is C12H27N. The predicted octanol–water partition coefficient (Wildman–Crippen LogP) is 3.72. The smallest absolute Gasteiger partial charge is 0.00489 e. The summed E-state index contributed by atoms with van der Waals surface area (Å²) < 4.78 is 0. The van der Waals surface area contributed by atoms with Gasteiger partial charge in [-0.2, -0.15) is 0 Å². The summed E-state index contributed by atoms with van der Waals surface area (Å²) in [5.74, 6) is 0.804. The second kappa shape index (κ2) is 10.0. The number of hydrogen-bond acceptors (Lipinski definition) is 1. The fourth-order valence-electron chi connectivity index (χ4n) is 1.75. The van der Waals surface area contributed by atoms with Gasteiger partial charge < -0.3 is 5.73 Å². The van der Waals surface area contributed by atoms with Crippen LogP contribution in [0.1, 0.15) is 65.2 Å². The molecule has 0 aliphatic heterocycles. The molecule has 0 aromatic rings. The molecule has 2 N–H and O–H groups in total. The van der Waals surface area contributed by atoms with Crippen molar-refractivity contribution in [3.63, 3.8) is 0 Å². The average molecular weight is 185 g/mol. The SMILES string of the molecule is CCCCCC(CN)CCCCC. The minimum absolute atomic E-state index is 0.804. The molecule has 0 aliphatic carbocycles. The molecule has 0 radical (unpaired) electrons. The zero-order chi connectivity index (χ0) is 9.94. The van der Waals surface area contributed by atoms with E-state index in [4.69, 9.17) is 5.73 Å². The van der Waals surface area contributed by atoms with Crippen molar-refractivity contribution in [1.82, 2.24) is 0 Å². The molecule has 0 bridgehead atoms. The van der Waals surface area contributed by atoms with Crippen LogP contribution in [0.5, 0.6) is 0 Å². The summed E-state index contributed by atoms with van der Waals surface area (Å²) in [5.41, 5.74) is 5.74. The quantitative estimate of drug-likeness (QED) is 0.544. The van der Waals surface area contributed by atoms with Gasteiger partial charge in [-0.25, -0.2) is 0 Å². The first-order valence-electron chi connectivity index (χ1n) is 6.05. The van der Waals surface area contributed by atoms with Crippen molar-refractivity contribution < 1.29 is 0 Å². The zero-order valence-corrected chi connectivity index (χ0v) is 9.52. The van der Waals surface area contributed by atoms with Gasteiger partial charge in [0, 0.05) is 0 Å². The fraction of sp³-hybridized carbons (Fsp3) is 1.00. The minimum atomic E-state index is 0.804. The van der Waals surface area contributed by atoms with E-state index < -0.39 is 0 Å². The maximum absolute atomic E-state index is 5.74. The molecule has 0 saturated heterocycles. The van der Waals surface area contributed by atoms with E-state index in [2.05, 4.69) is 13.8 Å². The van der Waals surface area contributed by atoms with Crippen LogP contribution in [0.4, 0.5) is 0 Å². The van der Waals surface area contributed by atoms with Crippen LogP contribution < -0.4 is 5.73 Å². The third kappa shape index (κ3) is 8.29. The van der Waals surface area contributed by atoms with E-state index >= 15 is 0 Å². The molecule has 80 valence electrons. The largest absolute Gasteiger partial charge is 0.330 e. The van der Waals surface area contributed by atoms with Crippen molar-refractivity contribution >= 4 is 0 Å². The molecule has 0 rings (SSSR count). The van der Waals surface area contributed by atoms with Gasteiger partial charge in [-0.15, -0.1) is 0 Å². The highest BCUT2D eigenvalue weighted by Crippen LogP contribution is 2.15. The standard InChI is InChI=1S/C12H27N/c1-3-5-7-9-12(11-13)10-8-6-4-2/h12H,3-11,13H2,1-2H3. The van der Waals surface area contributed by atoms with Gasteiger partial charge in [0.15, 0.2) is 0 Å². The first-order chi connectivity index (χ1) is 6.35. The maximum atomic E-state index is 5.74. The Bertz CT molecular complexity index is 81.1. The fourth-order valence-corrected chi connectivity index (χ4v) is 1.75.